The third-order valence-electron chi connectivity index (χ3n) is 2.84. The van der Waals surface area contributed by atoms with Gasteiger partial charge in [0.25, 0.3) is 0 Å². The lowest BCUT2D eigenvalue weighted by Gasteiger charge is -2.17. The van der Waals surface area contributed by atoms with Gasteiger partial charge in [0.15, 0.2) is 0 Å². The van der Waals surface area contributed by atoms with E-state index in [1.165, 1.54) is 6.07 Å². The lowest BCUT2D eigenvalue weighted by atomic mass is 10.1. The molecule has 0 saturated carbocycles. The number of rotatable bonds is 4. The number of benzene rings is 1. The van der Waals surface area contributed by atoms with Crippen molar-refractivity contribution >= 4 is 17.3 Å². The Morgan fingerprint density at radius 1 is 1.32 bits per heavy atom. The van der Waals surface area contributed by atoms with E-state index in [1.807, 2.05) is 25.1 Å². The van der Waals surface area contributed by atoms with Crippen molar-refractivity contribution in [2.24, 2.45) is 0 Å². The predicted octanol–water partition coefficient (Wildman–Crippen LogP) is 2.54. The number of nitrogens with zero attached hydrogens (tertiary/aromatic N) is 1. The molecule has 1 aromatic heterocycles. The molecule has 1 unspecified atom stereocenters. The minimum absolute atomic E-state index is 0.0625. The SMILES string of the molecule is CC(Nc1cccc(C(=O)O)c1N)c1ccccn1. The zero-order valence-corrected chi connectivity index (χ0v) is 10.5. The minimum atomic E-state index is -1.04. The third kappa shape index (κ3) is 2.82. The lowest BCUT2D eigenvalue weighted by molar-refractivity contribution is 0.0698. The first-order chi connectivity index (χ1) is 9.09. The summed E-state index contributed by atoms with van der Waals surface area (Å²) < 4.78 is 0. The van der Waals surface area contributed by atoms with Crippen molar-refractivity contribution in [1.29, 1.82) is 0 Å². The lowest BCUT2D eigenvalue weighted by Crippen LogP contribution is -2.11. The van der Waals surface area contributed by atoms with E-state index in [0.29, 0.717) is 5.69 Å². The van der Waals surface area contributed by atoms with E-state index >= 15 is 0 Å². The smallest absolute Gasteiger partial charge is 0.337 e. The number of nitrogen functional groups attached to an aromatic ring is 1. The van der Waals surface area contributed by atoms with Crippen molar-refractivity contribution in [1.82, 2.24) is 4.98 Å². The standard InChI is InChI=1S/C14H15N3O2/c1-9(11-6-2-3-8-16-11)17-12-7-4-5-10(13(12)15)14(18)19/h2-9,17H,15H2,1H3,(H,18,19). The van der Waals surface area contributed by atoms with Crippen LogP contribution in [0.2, 0.25) is 0 Å². The van der Waals surface area contributed by atoms with Gasteiger partial charge < -0.3 is 16.2 Å². The van der Waals surface area contributed by atoms with Crippen molar-refractivity contribution in [2.45, 2.75) is 13.0 Å². The van der Waals surface area contributed by atoms with Crippen LogP contribution in [0.3, 0.4) is 0 Å². The average Bonchev–Trinajstić information content (AvgIpc) is 2.41. The minimum Gasteiger partial charge on any atom is -0.478 e. The second kappa shape index (κ2) is 5.39. The summed E-state index contributed by atoms with van der Waals surface area (Å²) in [5.41, 5.74) is 7.64. The van der Waals surface area contributed by atoms with Gasteiger partial charge in [0.2, 0.25) is 0 Å². The number of hydrogen-bond acceptors (Lipinski definition) is 4. The number of aromatic nitrogens is 1. The largest absolute Gasteiger partial charge is 0.478 e. The van der Waals surface area contributed by atoms with E-state index in [2.05, 4.69) is 10.3 Å². The van der Waals surface area contributed by atoms with Gasteiger partial charge in [0.05, 0.1) is 28.7 Å². The summed E-state index contributed by atoms with van der Waals surface area (Å²) in [5, 5.41) is 12.2. The fourth-order valence-corrected chi connectivity index (χ4v) is 1.82. The van der Waals surface area contributed by atoms with Crippen molar-refractivity contribution in [3.8, 4) is 0 Å². The topological polar surface area (TPSA) is 88.2 Å². The Kier molecular flexibility index (Phi) is 3.66. The fourth-order valence-electron chi connectivity index (χ4n) is 1.82. The van der Waals surface area contributed by atoms with Crippen LogP contribution >= 0.6 is 0 Å². The summed E-state index contributed by atoms with van der Waals surface area (Å²) in [4.78, 5) is 15.3. The molecule has 0 radical (unpaired) electrons. The van der Waals surface area contributed by atoms with Crippen LogP contribution in [0.1, 0.15) is 29.0 Å². The maximum absolute atomic E-state index is 11.0. The molecule has 4 N–H and O–H groups in total. The van der Waals surface area contributed by atoms with Crippen LogP contribution in [0.5, 0.6) is 0 Å². The molecule has 0 aliphatic rings. The first kappa shape index (κ1) is 12.9. The Morgan fingerprint density at radius 3 is 2.74 bits per heavy atom. The summed E-state index contributed by atoms with van der Waals surface area (Å²) in [7, 11) is 0. The monoisotopic (exact) mass is 257 g/mol. The van der Waals surface area contributed by atoms with Crippen LogP contribution in [-0.2, 0) is 0 Å². The van der Waals surface area contributed by atoms with Crippen molar-refractivity contribution in [3.63, 3.8) is 0 Å². The van der Waals surface area contributed by atoms with Gasteiger partial charge in [-0.05, 0) is 31.2 Å². The van der Waals surface area contributed by atoms with E-state index in [0.717, 1.165) is 5.69 Å². The Labute approximate surface area is 111 Å². The zero-order valence-electron chi connectivity index (χ0n) is 10.5. The Morgan fingerprint density at radius 2 is 2.11 bits per heavy atom. The van der Waals surface area contributed by atoms with E-state index < -0.39 is 5.97 Å². The molecule has 0 spiro atoms. The van der Waals surface area contributed by atoms with Crippen molar-refractivity contribution < 1.29 is 9.90 Å². The summed E-state index contributed by atoms with van der Waals surface area (Å²) >= 11 is 0. The molecule has 19 heavy (non-hydrogen) atoms. The van der Waals surface area contributed by atoms with E-state index in [4.69, 9.17) is 10.8 Å². The van der Waals surface area contributed by atoms with Gasteiger partial charge in [0.1, 0.15) is 0 Å². The second-order valence-corrected chi connectivity index (χ2v) is 4.19. The molecule has 2 rings (SSSR count). The van der Waals surface area contributed by atoms with Gasteiger partial charge in [-0.1, -0.05) is 12.1 Å². The van der Waals surface area contributed by atoms with E-state index in [1.54, 1.807) is 18.3 Å². The molecule has 1 aromatic carbocycles. The average molecular weight is 257 g/mol. The van der Waals surface area contributed by atoms with E-state index in [-0.39, 0.29) is 17.3 Å². The number of pyridine rings is 1. The van der Waals surface area contributed by atoms with Crippen LogP contribution in [0.4, 0.5) is 11.4 Å². The second-order valence-electron chi connectivity index (χ2n) is 4.19. The Bertz CT molecular complexity index is 584. The van der Waals surface area contributed by atoms with Gasteiger partial charge in [-0.25, -0.2) is 4.79 Å². The zero-order chi connectivity index (χ0) is 13.8. The van der Waals surface area contributed by atoms with Gasteiger partial charge in [-0.2, -0.15) is 0 Å². The first-order valence-corrected chi connectivity index (χ1v) is 5.89. The molecule has 0 fully saturated rings. The molecule has 1 atom stereocenters. The number of carbonyl (C=O) groups is 1. The fraction of sp³-hybridized carbons (Fsp3) is 0.143. The molecule has 0 bridgehead atoms. The number of aromatic carboxylic acids is 1. The Hall–Kier alpha value is -2.56. The molecule has 2 aromatic rings. The molecule has 0 amide bonds. The van der Waals surface area contributed by atoms with Gasteiger partial charge in [0, 0.05) is 6.20 Å². The number of nitrogens with two attached hydrogens (primary N) is 1. The molecular formula is C14H15N3O2. The molecule has 5 nitrogen and oxygen atoms in total. The highest BCUT2D eigenvalue weighted by molar-refractivity contribution is 5.97. The molecule has 0 aliphatic carbocycles. The highest BCUT2D eigenvalue weighted by atomic mass is 16.4. The normalized spacial score (nSPS) is 11.8. The van der Waals surface area contributed by atoms with Gasteiger partial charge >= 0.3 is 5.97 Å². The highest BCUT2D eigenvalue weighted by Crippen LogP contribution is 2.26. The van der Waals surface area contributed by atoms with Crippen LogP contribution < -0.4 is 11.1 Å². The maximum atomic E-state index is 11.0. The molecule has 98 valence electrons. The van der Waals surface area contributed by atoms with Gasteiger partial charge in [-0.15, -0.1) is 0 Å². The molecular weight excluding hydrogens is 242 g/mol. The van der Waals surface area contributed by atoms with Crippen LogP contribution in [-0.4, -0.2) is 16.1 Å². The number of para-hydroxylation sites is 1. The Balaban J connectivity index is 2.25. The summed E-state index contributed by atoms with van der Waals surface area (Å²) in [5.74, 6) is -1.04. The van der Waals surface area contributed by atoms with E-state index in [9.17, 15) is 4.79 Å². The molecule has 1 heterocycles. The van der Waals surface area contributed by atoms with Crippen molar-refractivity contribution in [3.05, 3.63) is 53.9 Å². The summed E-state index contributed by atoms with van der Waals surface area (Å²) in [6.07, 6.45) is 1.71. The first-order valence-electron chi connectivity index (χ1n) is 5.89. The maximum Gasteiger partial charge on any atom is 0.337 e. The van der Waals surface area contributed by atoms with Crippen LogP contribution in [0, 0.1) is 0 Å². The predicted molar refractivity (Wildman–Crippen MR) is 74.1 cm³/mol. The number of anilines is 2. The molecule has 0 aliphatic heterocycles. The van der Waals surface area contributed by atoms with Crippen molar-refractivity contribution in [2.75, 3.05) is 11.1 Å². The summed E-state index contributed by atoms with van der Waals surface area (Å²) in [6, 6.07) is 10.5. The molecule has 0 saturated heterocycles. The number of hydrogen-bond donors (Lipinski definition) is 3. The number of carboxylic acid groups (broad SMARTS) is 1. The molecule has 5 heteroatoms. The van der Waals surface area contributed by atoms with Crippen LogP contribution in [0.15, 0.2) is 42.6 Å². The van der Waals surface area contributed by atoms with Crippen LogP contribution in [0.25, 0.3) is 0 Å². The highest BCUT2D eigenvalue weighted by Gasteiger charge is 2.13. The quantitative estimate of drug-likeness (QED) is 0.732. The van der Waals surface area contributed by atoms with Gasteiger partial charge in [-0.3, -0.25) is 4.98 Å². The number of carboxylic acids is 1. The third-order valence-corrected chi connectivity index (χ3v) is 2.84. The summed E-state index contributed by atoms with van der Waals surface area (Å²) in [6.45, 7) is 1.94. The number of nitrogens with one attached hydrogen (secondary N) is 1.